The zero-order valence-electron chi connectivity index (χ0n) is 10.2. The van der Waals surface area contributed by atoms with Gasteiger partial charge in [-0.05, 0) is 13.0 Å². The summed E-state index contributed by atoms with van der Waals surface area (Å²) in [5, 5.41) is 14.2. The molecular weight excluding hydrogens is 232 g/mol. The molecule has 0 aromatic heterocycles. The number of nitrogens with one attached hydrogen (secondary N) is 1. The molecule has 0 spiro atoms. The number of rotatable bonds is 3. The molecule has 96 valence electrons. The Kier molecular flexibility index (Phi) is 4.07. The Morgan fingerprint density at radius 3 is 2.94 bits per heavy atom. The Bertz CT molecular complexity index is 459. The highest BCUT2D eigenvalue weighted by Gasteiger charge is 2.16. The fraction of sp³-hybridized carbons (Fsp3) is 0.385. The van der Waals surface area contributed by atoms with E-state index in [1.807, 2.05) is 13.0 Å². The van der Waals surface area contributed by atoms with Gasteiger partial charge in [-0.25, -0.2) is 0 Å². The monoisotopic (exact) mass is 248 g/mol. The molecule has 1 aromatic carbocycles. The Morgan fingerprint density at radius 2 is 2.22 bits per heavy atom. The van der Waals surface area contributed by atoms with Crippen LogP contribution in [-0.4, -0.2) is 30.2 Å². The molecule has 0 bridgehead atoms. The molecule has 2 unspecified atom stereocenters. The summed E-state index contributed by atoms with van der Waals surface area (Å²) in [5.41, 5.74) is 0.737. The smallest absolute Gasteiger partial charge is 0.276 e. The van der Waals surface area contributed by atoms with Gasteiger partial charge in [-0.2, -0.15) is 0 Å². The Labute approximate surface area is 106 Å². The summed E-state index contributed by atoms with van der Waals surface area (Å²) < 4.78 is 5.41. The molecule has 5 nitrogen and oxygen atoms in total. The fourth-order valence-corrected chi connectivity index (χ4v) is 1.96. The molecule has 2 atom stereocenters. The van der Waals surface area contributed by atoms with Crippen molar-refractivity contribution in [3.05, 3.63) is 46.0 Å². The number of nitro groups is 1. The lowest BCUT2D eigenvalue weighted by Gasteiger charge is -2.26. The van der Waals surface area contributed by atoms with E-state index >= 15 is 0 Å². The van der Waals surface area contributed by atoms with Crippen molar-refractivity contribution in [1.29, 1.82) is 0 Å². The van der Waals surface area contributed by atoms with Gasteiger partial charge in [-0.1, -0.05) is 24.3 Å². The van der Waals surface area contributed by atoms with Crippen LogP contribution in [-0.2, 0) is 4.74 Å². The number of para-hydroxylation sites is 1. The highest BCUT2D eigenvalue weighted by molar-refractivity contribution is 5.61. The molecule has 1 aliphatic rings. The predicted octanol–water partition coefficient (Wildman–Crippen LogP) is 1.98. The standard InChI is InChI=1S/C13H16N2O3/c1-10-8-18-9-12(14-10)7-6-11-4-2-3-5-13(11)15(16)17/h2-7,10,12,14H,8-9H2,1H3/b7-6+. The van der Waals surface area contributed by atoms with Gasteiger partial charge in [0.2, 0.25) is 0 Å². The number of hydrogen-bond acceptors (Lipinski definition) is 4. The lowest BCUT2D eigenvalue weighted by Crippen LogP contribution is -2.46. The second kappa shape index (κ2) is 5.75. The first-order valence-electron chi connectivity index (χ1n) is 5.92. The fourth-order valence-electron chi connectivity index (χ4n) is 1.96. The van der Waals surface area contributed by atoms with Gasteiger partial charge >= 0.3 is 0 Å². The van der Waals surface area contributed by atoms with Gasteiger partial charge in [0.25, 0.3) is 5.69 Å². The first-order valence-corrected chi connectivity index (χ1v) is 5.92. The van der Waals surface area contributed by atoms with Crippen molar-refractivity contribution in [1.82, 2.24) is 5.32 Å². The van der Waals surface area contributed by atoms with Crippen LogP contribution in [0.15, 0.2) is 30.3 Å². The Morgan fingerprint density at radius 1 is 1.44 bits per heavy atom. The second-order valence-corrected chi connectivity index (χ2v) is 4.39. The normalized spacial score (nSPS) is 24.3. The van der Waals surface area contributed by atoms with Crippen molar-refractivity contribution >= 4 is 11.8 Å². The van der Waals surface area contributed by atoms with Crippen LogP contribution in [0.25, 0.3) is 6.08 Å². The Balaban J connectivity index is 2.11. The van der Waals surface area contributed by atoms with Gasteiger partial charge in [0.1, 0.15) is 0 Å². The maximum atomic E-state index is 10.9. The third-order valence-corrected chi connectivity index (χ3v) is 2.81. The van der Waals surface area contributed by atoms with Crippen LogP contribution in [0.4, 0.5) is 5.69 Å². The number of benzene rings is 1. The summed E-state index contributed by atoms with van der Waals surface area (Å²) in [6.07, 6.45) is 3.69. The molecule has 2 rings (SSSR count). The van der Waals surface area contributed by atoms with Crippen LogP contribution in [0.2, 0.25) is 0 Å². The summed E-state index contributed by atoms with van der Waals surface area (Å²) in [7, 11) is 0. The second-order valence-electron chi connectivity index (χ2n) is 4.39. The van der Waals surface area contributed by atoms with Gasteiger partial charge in [-0.3, -0.25) is 10.1 Å². The highest BCUT2D eigenvalue weighted by atomic mass is 16.6. The highest BCUT2D eigenvalue weighted by Crippen LogP contribution is 2.19. The van der Waals surface area contributed by atoms with E-state index in [1.54, 1.807) is 24.3 Å². The van der Waals surface area contributed by atoms with E-state index in [9.17, 15) is 10.1 Å². The zero-order valence-corrected chi connectivity index (χ0v) is 10.2. The van der Waals surface area contributed by atoms with E-state index in [4.69, 9.17) is 4.74 Å². The van der Waals surface area contributed by atoms with Crippen molar-refractivity contribution in [3.8, 4) is 0 Å². The van der Waals surface area contributed by atoms with E-state index in [0.29, 0.717) is 24.8 Å². The van der Waals surface area contributed by atoms with E-state index in [0.717, 1.165) is 0 Å². The predicted molar refractivity (Wildman–Crippen MR) is 69.3 cm³/mol. The first kappa shape index (κ1) is 12.7. The van der Waals surface area contributed by atoms with E-state index < -0.39 is 0 Å². The van der Waals surface area contributed by atoms with Crippen molar-refractivity contribution in [2.75, 3.05) is 13.2 Å². The quantitative estimate of drug-likeness (QED) is 0.656. The minimum Gasteiger partial charge on any atom is -0.378 e. The number of morpholine rings is 1. The maximum absolute atomic E-state index is 10.9. The summed E-state index contributed by atoms with van der Waals surface area (Å²) in [6, 6.07) is 7.11. The molecule has 1 fully saturated rings. The van der Waals surface area contributed by atoms with Crippen molar-refractivity contribution in [2.45, 2.75) is 19.0 Å². The average molecular weight is 248 g/mol. The molecule has 5 heteroatoms. The molecule has 1 aliphatic heterocycles. The van der Waals surface area contributed by atoms with Crippen LogP contribution in [0.1, 0.15) is 12.5 Å². The van der Waals surface area contributed by atoms with Crippen LogP contribution in [0.5, 0.6) is 0 Å². The summed E-state index contributed by atoms with van der Waals surface area (Å²) >= 11 is 0. The molecule has 1 heterocycles. The minimum atomic E-state index is -0.368. The topological polar surface area (TPSA) is 64.4 Å². The van der Waals surface area contributed by atoms with Gasteiger partial charge in [0, 0.05) is 18.2 Å². The zero-order chi connectivity index (χ0) is 13.0. The van der Waals surface area contributed by atoms with Gasteiger partial charge in [-0.15, -0.1) is 0 Å². The molecule has 1 saturated heterocycles. The van der Waals surface area contributed by atoms with Gasteiger partial charge < -0.3 is 10.1 Å². The number of nitrogens with zero attached hydrogens (tertiary/aromatic N) is 1. The minimum absolute atomic E-state index is 0.105. The van der Waals surface area contributed by atoms with Gasteiger partial charge in [0.15, 0.2) is 0 Å². The SMILES string of the molecule is CC1COCC(/C=C/c2ccccc2[N+](=O)[O-])N1. The number of ether oxygens (including phenoxy) is 1. The maximum Gasteiger partial charge on any atom is 0.276 e. The van der Waals surface area contributed by atoms with Crippen LogP contribution >= 0.6 is 0 Å². The summed E-state index contributed by atoms with van der Waals surface area (Å²) in [4.78, 5) is 10.5. The Hall–Kier alpha value is -1.72. The van der Waals surface area contributed by atoms with Crippen LogP contribution in [0, 0.1) is 10.1 Å². The largest absolute Gasteiger partial charge is 0.378 e. The van der Waals surface area contributed by atoms with Crippen LogP contribution in [0.3, 0.4) is 0 Å². The van der Waals surface area contributed by atoms with Crippen molar-refractivity contribution in [3.63, 3.8) is 0 Å². The molecule has 1 N–H and O–H groups in total. The van der Waals surface area contributed by atoms with E-state index in [2.05, 4.69) is 5.32 Å². The number of hydrogen-bond donors (Lipinski definition) is 1. The number of nitro benzene ring substituents is 1. The molecule has 0 aliphatic carbocycles. The molecule has 0 saturated carbocycles. The summed E-state index contributed by atoms with van der Waals surface area (Å²) in [5.74, 6) is 0. The lowest BCUT2D eigenvalue weighted by atomic mass is 10.1. The molecule has 18 heavy (non-hydrogen) atoms. The van der Waals surface area contributed by atoms with Crippen LogP contribution < -0.4 is 5.32 Å². The van der Waals surface area contributed by atoms with E-state index in [1.165, 1.54) is 6.07 Å². The van der Waals surface area contributed by atoms with E-state index in [-0.39, 0.29) is 16.7 Å². The summed E-state index contributed by atoms with van der Waals surface area (Å²) in [6.45, 7) is 3.35. The first-order chi connectivity index (χ1) is 8.66. The molecular formula is C13H16N2O3. The molecule has 1 aromatic rings. The third kappa shape index (κ3) is 3.15. The lowest BCUT2D eigenvalue weighted by molar-refractivity contribution is -0.385. The van der Waals surface area contributed by atoms with Crippen molar-refractivity contribution in [2.24, 2.45) is 0 Å². The van der Waals surface area contributed by atoms with Crippen molar-refractivity contribution < 1.29 is 9.66 Å². The molecule has 0 amide bonds. The van der Waals surface area contributed by atoms with Gasteiger partial charge in [0.05, 0.1) is 23.7 Å². The average Bonchev–Trinajstić information content (AvgIpc) is 2.37. The third-order valence-electron chi connectivity index (χ3n) is 2.81. The molecule has 0 radical (unpaired) electrons.